The van der Waals surface area contributed by atoms with Crippen LogP contribution in [0.2, 0.25) is 5.02 Å². The van der Waals surface area contributed by atoms with Crippen LogP contribution >= 0.6 is 27.5 Å². The topological polar surface area (TPSA) is 72.2 Å². The summed E-state index contributed by atoms with van der Waals surface area (Å²) < 4.78 is 0.704. The second-order valence-corrected chi connectivity index (χ2v) is 5.12. The average Bonchev–Trinajstić information content (AvgIpc) is 2.41. The van der Waals surface area contributed by atoms with Crippen LogP contribution in [0, 0.1) is 10.1 Å². The van der Waals surface area contributed by atoms with E-state index in [-0.39, 0.29) is 16.3 Å². The zero-order valence-electron chi connectivity index (χ0n) is 9.97. The van der Waals surface area contributed by atoms with E-state index in [9.17, 15) is 14.9 Å². The molecule has 102 valence electrons. The van der Waals surface area contributed by atoms with Gasteiger partial charge in [0, 0.05) is 16.6 Å². The maximum absolute atomic E-state index is 12.1. The molecule has 7 heteroatoms. The molecule has 5 nitrogen and oxygen atoms in total. The molecule has 2 rings (SSSR count). The number of non-ortho nitro benzene ring substituents is 1. The number of benzene rings is 2. The number of nitrogens with one attached hydrogen (secondary N) is 1. The van der Waals surface area contributed by atoms with Crippen LogP contribution in [-0.4, -0.2) is 10.8 Å². The number of carbonyl (C=O) groups excluding carboxylic acids is 1. The van der Waals surface area contributed by atoms with E-state index in [2.05, 4.69) is 21.2 Å². The van der Waals surface area contributed by atoms with E-state index in [4.69, 9.17) is 11.6 Å². The first-order chi connectivity index (χ1) is 9.49. The van der Waals surface area contributed by atoms with Crippen molar-refractivity contribution in [3.63, 3.8) is 0 Å². The molecule has 0 aliphatic rings. The van der Waals surface area contributed by atoms with Gasteiger partial charge >= 0.3 is 0 Å². The van der Waals surface area contributed by atoms with Crippen molar-refractivity contribution in [3.8, 4) is 0 Å². The van der Waals surface area contributed by atoms with Crippen LogP contribution < -0.4 is 5.32 Å². The summed E-state index contributed by atoms with van der Waals surface area (Å²) in [6.45, 7) is 0. The molecule has 0 heterocycles. The SMILES string of the molecule is O=C(Nc1ccccc1Br)c1cc([N+](=O)[O-])ccc1Cl. The molecule has 0 saturated heterocycles. The van der Waals surface area contributed by atoms with Gasteiger partial charge in [-0.2, -0.15) is 0 Å². The van der Waals surface area contributed by atoms with Gasteiger partial charge in [-0.05, 0) is 34.1 Å². The number of rotatable bonds is 3. The highest BCUT2D eigenvalue weighted by Crippen LogP contribution is 2.25. The van der Waals surface area contributed by atoms with E-state index in [1.54, 1.807) is 24.3 Å². The first-order valence-corrected chi connectivity index (χ1v) is 6.66. The molecule has 0 aliphatic carbocycles. The standard InChI is InChI=1S/C13H8BrClN2O3/c14-10-3-1-2-4-12(10)16-13(18)9-7-8(17(19)20)5-6-11(9)15/h1-7H,(H,16,18). The second kappa shape index (κ2) is 6.02. The highest BCUT2D eigenvalue weighted by molar-refractivity contribution is 9.10. The van der Waals surface area contributed by atoms with Crippen molar-refractivity contribution in [2.75, 3.05) is 5.32 Å². The monoisotopic (exact) mass is 354 g/mol. The van der Waals surface area contributed by atoms with Crippen LogP contribution in [0.4, 0.5) is 11.4 Å². The zero-order valence-corrected chi connectivity index (χ0v) is 12.3. The number of nitro benzene ring substituents is 1. The van der Waals surface area contributed by atoms with Crippen LogP contribution in [0.1, 0.15) is 10.4 Å². The molecule has 2 aromatic rings. The van der Waals surface area contributed by atoms with Crippen molar-refractivity contribution in [1.82, 2.24) is 0 Å². The molecular formula is C13H8BrClN2O3. The number of para-hydroxylation sites is 1. The molecule has 0 aliphatic heterocycles. The second-order valence-electron chi connectivity index (χ2n) is 3.86. The lowest BCUT2D eigenvalue weighted by molar-refractivity contribution is -0.384. The molecule has 0 saturated carbocycles. The minimum atomic E-state index is -0.578. The molecule has 20 heavy (non-hydrogen) atoms. The molecule has 0 spiro atoms. The molecule has 2 aromatic carbocycles. The van der Waals surface area contributed by atoms with Crippen molar-refractivity contribution >= 4 is 44.8 Å². The number of amides is 1. The summed E-state index contributed by atoms with van der Waals surface area (Å²) in [7, 11) is 0. The molecule has 0 aromatic heterocycles. The lowest BCUT2D eigenvalue weighted by atomic mass is 10.2. The van der Waals surface area contributed by atoms with Crippen molar-refractivity contribution in [1.29, 1.82) is 0 Å². The Morgan fingerprint density at radius 2 is 1.95 bits per heavy atom. The quantitative estimate of drug-likeness (QED) is 0.660. The van der Waals surface area contributed by atoms with Crippen LogP contribution in [-0.2, 0) is 0 Å². The highest BCUT2D eigenvalue weighted by atomic mass is 79.9. The Bertz CT molecular complexity index is 691. The summed E-state index contributed by atoms with van der Waals surface area (Å²) in [5.41, 5.74) is 0.420. The average molecular weight is 356 g/mol. The fourth-order valence-corrected chi connectivity index (χ4v) is 2.14. The summed E-state index contributed by atoms with van der Waals surface area (Å²) in [6.07, 6.45) is 0. The summed E-state index contributed by atoms with van der Waals surface area (Å²) >= 11 is 9.20. The maximum atomic E-state index is 12.1. The van der Waals surface area contributed by atoms with Crippen molar-refractivity contribution < 1.29 is 9.72 Å². The van der Waals surface area contributed by atoms with Gasteiger partial charge < -0.3 is 5.32 Å². The Morgan fingerprint density at radius 1 is 1.25 bits per heavy atom. The number of hydrogen-bond acceptors (Lipinski definition) is 3. The summed E-state index contributed by atoms with van der Waals surface area (Å²) in [5.74, 6) is -0.509. The molecule has 1 amide bonds. The molecule has 0 fully saturated rings. The van der Waals surface area contributed by atoms with Crippen molar-refractivity contribution in [2.45, 2.75) is 0 Å². The lowest BCUT2D eigenvalue weighted by Crippen LogP contribution is -2.13. The number of nitro groups is 1. The minimum Gasteiger partial charge on any atom is -0.321 e. The van der Waals surface area contributed by atoms with Gasteiger partial charge in [0.1, 0.15) is 0 Å². The van der Waals surface area contributed by atoms with Crippen LogP contribution in [0.15, 0.2) is 46.9 Å². The lowest BCUT2D eigenvalue weighted by Gasteiger charge is -2.08. The van der Waals surface area contributed by atoms with E-state index >= 15 is 0 Å². The highest BCUT2D eigenvalue weighted by Gasteiger charge is 2.16. The number of hydrogen-bond donors (Lipinski definition) is 1. The molecule has 0 bridgehead atoms. The largest absolute Gasteiger partial charge is 0.321 e. The Labute approximate surface area is 127 Å². The fraction of sp³-hybridized carbons (Fsp3) is 0. The van der Waals surface area contributed by atoms with Crippen LogP contribution in [0.25, 0.3) is 0 Å². The first-order valence-electron chi connectivity index (χ1n) is 5.49. The smallest absolute Gasteiger partial charge is 0.270 e. The number of halogens is 2. The van der Waals surface area contributed by atoms with Gasteiger partial charge in [0.25, 0.3) is 11.6 Å². The third-order valence-corrected chi connectivity index (χ3v) is 3.55. The third kappa shape index (κ3) is 3.15. The number of anilines is 1. The van der Waals surface area contributed by atoms with Crippen molar-refractivity contribution in [2.24, 2.45) is 0 Å². The number of nitrogens with zero attached hydrogens (tertiary/aromatic N) is 1. The predicted octanol–water partition coefficient (Wildman–Crippen LogP) is 4.26. The van der Waals surface area contributed by atoms with E-state index in [0.717, 1.165) is 6.07 Å². The Hall–Kier alpha value is -1.92. The minimum absolute atomic E-state index is 0.0524. The first kappa shape index (κ1) is 14.5. The van der Waals surface area contributed by atoms with Gasteiger partial charge in [-0.3, -0.25) is 14.9 Å². The number of carbonyl (C=O) groups is 1. The summed E-state index contributed by atoms with van der Waals surface area (Å²) in [5, 5.41) is 13.5. The van der Waals surface area contributed by atoms with Crippen LogP contribution in [0.5, 0.6) is 0 Å². The predicted molar refractivity (Wildman–Crippen MR) is 80.2 cm³/mol. The molecule has 0 atom stereocenters. The Morgan fingerprint density at radius 3 is 2.60 bits per heavy atom. The molecule has 0 radical (unpaired) electrons. The maximum Gasteiger partial charge on any atom is 0.270 e. The van der Waals surface area contributed by atoms with E-state index in [0.29, 0.717) is 10.2 Å². The van der Waals surface area contributed by atoms with Gasteiger partial charge in [0.2, 0.25) is 0 Å². The third-order valence-electron chi connectivity index (χ3n) is 2.53. The Kier molecular flexibility index (Phi) is 4.36. The molecule has 0 unspecified atom stereocenters. The van der Waals surface area contributed by atoms with Gasteiger partial charge in [0.15, 0.2) is 0 Å². The zero-order chi connectivity index (χ0) is 14.7. The fourth-order valence-electron chi connectivity index (χ4n) is 1.55. The molecular weight excluding hydrogens is 348 g/mol. The van der Waals surface area contributed by atoms with Gasteiger partial charge in [-0.25, -0.2) is 0 Å². The Balaban J connectivity index is 2.32. The van der Waals surface area contributed by atoms with Crippen LogP contribution in [0.3, 0.4) is 0 Å². The summed E-state index contributed by atoms with van der Waals surface area (Å²) in [6, 6.07) is 10.8. The van der Waals surface area contributed by atoms with Gasteiger partial charge in [-0.1, -0.05) is 23.7 Å². The normalized spacial score (nSPS) is 10.1. The van der Waals surface area contributed by atoms with Crippen molar-refractivity contribution in [3.05, 3.63) is 67.6 Å². The van der Waals surface area contributed by atoms with Gasteiger partial charge in [-0.15, -0.1) is 0 Å². The van der Waals surface area contributed by atoms with E-state index in [1.165, 1.54) is 12.1 Å². The van der Waals surface area contributed by atoms with E-state index in [1.807, 2.05) is 0 Å². The molecule has 1 N–H and O–H groups in total. The van der Waals surface area contributed by atoms with Gasteiger partial charge in [0.05, 0.1) is 21.2 Å². The van der Waals surface area contributed by atoms with E-state index < -0.39 is 10.8 Å². The summed E-state index contributed by atoms with van der Waals surface area (Å²) in [4.78, 5) is 22.3.